The number of esters is 2. The lowest BCUT2D eigenvalue weighted by Gasteiger charge is -2.13. The van der Waals surface area contributed by atoms with Crippen molar-refractivity contribution in [3.63, 3.8) is 0 Å². The molecule has 4 atom stereocenters. The van der Waals surface area contributed by atoms with Crippen LogP contribution >= 0.6 is 16.1 Å². The molecule has 4 unspecified atom stereocenters. The average molecular weight is 661 g/mol. The number of hydrogen-bond donors (Lipinski definition) is 1. The van der Waals surface area contributed by atoms with E-state index in [0.717, 1.165) is 0 Å². The number of unbranched alkanes of at least 4 members (excludes halogenated alkanes) is 1. The van der Waals surface area contributed by atoms with E-state index in [1.54, 1.807) is 58.0 Å². The van der Waals surface area contributed by atoms with Crippen molar-refractivity contribution >= 4 is 48.7 Å². The largest absolute Gasteiger partial charge is 0.557 e. The summed E-state index contributed by atoms with van der Waals surface area (Å²) in [4.78, 5) is 24.1. The van der Waals surface area contributed by atoms with Crippen molar-refractivity contribution in [1.29, 1.82) is 0 Å². The molecule has 0 bridgehead atoms. The lowest BCUT2D eigenvalue weighted by Crippen LogP contribution is -2.24. The Bertz CT molecular complexity index is 1390. The fourth-order valence-corrected chi connectivity index (χ4v) is 6.25. The Morgan fingerprint density at radius 1 is 0.791 bits per heavy atom. The highest BCUT2D eigenvalue weighted by Gasteiger charge is 2.43. The van der Waals surface area contributed by atoms with Gasteiger partial charge in [-0.2, -0.15) is 8.42 Å². The molecule has 0 spiro atoms. The fraction of sp³-hybridized carbons (Fsp3) is 0.500. The molecule has 2 rings (SSSR count). The molecule has 0 fully saturated rings. The summed E-state index contributed by atoms with van der Waals surface area (Å²) in [5.74, 6) is -2.30. The quantitative estimate of drug-likeness (QED) is 0.0740. The van der Waals surface area contributed by atoms with Crippen LogP contribution in [0.3, 0.4) is 0 Å². The molecule has 0 aliphatic rings. The van der Waals surface area contributed by atoms with E-state index < -0.39 is 68.3 Å². The monoisotopic (exact) mass is 660 g/mol. The van der Waals surface area contributed by atoms with Crippen LogP contribution in [-0.4, -0.2) is 43.2 Å². The van der Waals surface area contributed by atoms with E-state index in [1.165, 1.54) is 26.0 Å². The molecule has 0 saturated heterocycles. The van der Waals surface area contributed by atoms with Gasteiger partial charge in [-0.15, -0.1) is 0 Å². The second-order valence-corrected chi connectivity index (χ2v) is 14.1. The first kappa shape index (κ1) is 36.4. The third-order valence-electron chi connectivity index (χ3n) is 5.63. The smallest absolute Gasteiger partial charge is 0.448 e. The van der Waals surface area contributed by atoms with Crippen molar-refractivity contribution in [2.75, 3.05) is 5.75 Å². The van der Waals surface area contributed by atoms with Gasteiger partial charge in [-0.3, -0.25) is 14.1 Å². The highest BCUT2D eigenvalue weighted by atomic mass is 32.2. The number of hydrogen-bond acceptors (Lipinski definition) is 11. The van der Waals surface area contributed by atoms with Crippen LogP contribution in [0, 0.1) is 11.8 Å². The van der Waals surface area contributed by atoms with Gasteiger partial charge in [0.15, 0.2) is 0 Å². The standard InChI is InChI=1S/C28H37O12P2S/c1-18(2)27(29)36-20(5)39-41(31)24-16-15-22(12-10-11-17-43(33,34)35)26(25(24)38-23-13-8-7-9-14-23)42(32)40-21(6)37-28(30)19(3)4/h7-9,13-16,18-21H,10-12,17H2,1-6H3/q+1/p+1. The van der Waals surface area contributed by atoms with Gasteiger partial charge in [0.05, 0.1) is 17.6 Å². The number of aryl methyl sites for hydroxylation is 1. The zero-order chi connectivity index (χ0) is 32.3. The van der Waals surface area contributed by atoms with Gasteiger partial charge >= 0.3 is 28.0 Å². The van der Waals surface area contributed by atoms with Crippen LogP contribution in [-0.2, 0) is 53.8 Å². The molecule has 0 saturated carbocycles. The van der Waals surface area contributed by atoms with Crippen LogP contribution in [0.25, 0.3) is 0 Å². The lowest BCUT2D eigenvalue weighted by atomic mass is 10.1. The first-order chi connectivity index (χ1) is 20.1. The predicted molar refractivity (Wildman–Crippen MR) is 160 cm³/mol. The molecule has 2 aromatic rings. The van der Waals surface area contributed by atoms with E-state index in [0.29, 0.717) is 11.3 Å². The minimum absolute atomic E-state index is 0.00515. The van der Waals surface area contributed by atoms with E-state index in [-0.39, 0.29) is 35.6 Å². The molecule has 15 heteroatoms. The molecule has 0 heterocycles. The molecule has 0 amide bonds. The maximum absolute atomic E-state index is 13.8. The first-order valence-corrected chi connectivity index (χ1v) is 17.6. The van der Waals surface area contributed by atoms with Gasteiger partial charge in [0.2, 0.25) is 5.75 Å². The fourth-order valence-electron chi connectivity index (χ4n) is 3.48. The Kier molecular flexibility index (Phi) is 14.3. The summed E-state index contributed by atoms with van der Waals surface area (Å²) in [7, 11) is -9.74. The summed E-state index contributed by atoms with van der Waals surface area (Å²) in [6, 6.07) is 11.4. The minimum atomic E-state index is -4.18. The van der Waals surface area contributed by atoms with Crippen LogP contribution in [0.4, 0.5) is 0 Å². The summed E-state index contributed by atoms with van der Waals surface area (Å²) in [6.07, 6.45) is -1.86. The zero-order valence-electron chi connectivity index (χ0n) is 24.9. The summed E-state index contributed by atoms with van der Waals surface area (Å²) in [6.45, 7) is 9.34. The number of carbonyl (C=O) groups excluding carboxylic acids is 2. The zero-order valence-corrected chi connectivity index (χ0v) is 27.5. The molecule has 43 heavy (non-hydrogen) atoms. The Morgan fingerprint density at radius 2 is 1.33 bits per heavy atom. The highest BCUT2D eigenvalue weighted by Crippen LogP contribution is 2.38. The summed E-state index contributed by atoms with van der Waals surface area (Å²) < 4.78 is 86.3. The molecule has 0 aromatic heterocycles. The number of para-hydroxylation sites is 1. The first-order valence-electron chi connectivity index (χ1n) is 13.6. The van der Waals surface area contributed by atoms with Crippen molar-refractivity contribution in [2.45, 2.75) is 73.4 Å². The van der Waals surface area contributed by atoms with Gasteiger partial charge in [-0.25, -0.2) is 0 Å². The van der Waals surface area contributed by atoms with Crippen LogP contribution in [0.1, 0.15) is 59.9 Å². The number of rotatable bonds is 17. The Morgan fingerprint density at radius 3 is 1.84 bits per heavy atom. The summed E-state index contributed by atoms with van der Waals surface area (Å²) >= 11 is 0. The Balaban J connectivity index is 2.57. The number of carbonyl (C=O) groups is 2. The van der Waals surface area contributed by atoms with Crippen LogP contribution in [0.5, 0.6) is 11.5 Å². The molecule has 0 aliphatic carbocycles. The lowest BCUT2D eigenvalue weighted by molar-refractivity contribution is -0.165. The Labute approximate surface area is 253 Å². The SMILES string of the molecule is CC(OC(=O)C(C)C)O[P+](=O)c1ccc(CCCCS(=O)(=O)O)c([P+](=O)OC(C)OC(=O)C(C)C)c1Oc1ccccc1. The van der Waals surface area contributed by atoms with Gasteiger partial charge in [-0.05, 0) is 52.7 Å². The van der Waals surface area contributed by atoms with Crippen molar-refractivity contribution in [1.82, 2.24) is 0 Å². The maximum atomic E-state index is 13.8. The molecule has 2 aromatic carbocycles. The van der Waals surface area contributed by atoms with Gasteiger partial charge in [0, 0.05) is 19.4 Å². The van der Waals surface area contributed by atoms with Gasteiger partial charge in [0.1, 0.15) is 5.75 Å². The van der Waals surface area contributed by atoms with E-state index in [1.807, 2.05) is 0 Å². The molecule has 0 aliphatic heterocycles. The maximum Gasteiger partial charge on any atom is 0.557 e. The normalized spacial score (nSPS) is 13.8. The molecule has 236 valence electrons. The minimum Gasteiger partial charge on any atom is -0.448 e. The summed E-state index contributed by atoms with van der Waals surface area (Å²) in [5, 5.41) is -0.0174. The van der Waals surface area contributed by atoms with E-state index in [4.69, 9.17) is 27.8 Å². The van der Waals surface area contributed by atoms with Crippen molar-refractivity contribution in [3.8, 4) is 11.5 Å². The Hall–Kier alpha value is -2.79. The van der Waals surface area contributed by atoms with E-state index >= 15 is 0 Å². The van der Waals surface area contributed by atoms with Crippen molar-refractivity contribution in [2.24, 2.45) is 11.8 Å². The van der Waals surface area contributed by atoms with Gasteiger partial charge < -0.3 is 14.2 Å². The summed E-state index contributed by atoms with van der Waals surface area (Å²) in [5.41, 5.74) is 0.413. The van der Waals surface area contributed by atoms with E-state index in [2.05, 4.69) is 0 Å². The highest BCUT2D eigenvalue weighted by molar-refractivity contribution is 7.85. The average Bonchev–Trinajstić information content (AvgIpc) is 2.90. The molecule has 1 N–H and O–H groups in total. The topological polar surface area (TPSA) is 169 Å². The molecule has 0 radical (unpaired) electrons. The van der Waals surface area contributed by atoms with E-state index in [9.17, 15) is 27.1 Å². The van der Waals surface area contributed by atoms with Crippen LogP contribution < -0.4 is 15.3 Å². The number of benzene rings is 2. The van der Waals surface area contributed by atoms with Crippen LogP contribution in [0.2, 0.25) is 0 Å². The molecular weight excluding hydrogens is 622 g/mol. The third kappa shape index (κ3) is 12.4. The number of ether oxygens (including phenoxy) is 3. The molecule has 12 nitrogen and oxygen atoms in total. The van der Waals surface area contributed by atoms with Gasteiger partial charge in [0.25, 0.3) is 33.3 Å². The second-order valence-electron chi connectivity index (χ2n) is 10.1. The predicted octanol–water partition coefficient (Wildman–Crippen LogP) is 5.55. The molecular formula is C28H38O12P2S+2. The van der Waals surface area contributed by atoms with Crippen LogP contribution in [0.15, 0.2) is 42.5 Å². The van der Waals surface area contributed by atoms with Crippen molar-refractivity contribution in [3.05, 3.63) is 48.0 Å². The van der Waals surface area contributed by atoms with Crippen molar-refractivity contribution < 1.29 is 54.9 Å². The third-order valence-corrected chi connectivity index (χ3v) is 9.01. The van der Waals surface area contributed by atoms with Gasteiger partial charge in [-0.1, -0.05) is 54.9 Å². The second kappa shape index (κ2) is 16.9.